The summed E-state index contributed by atoms with van der Waals surface area (Å²) in [6.07, 6.45) is 4.61. The molecule has 0 radical (unpaired) electrons. The molecule has 0 amide bonds. The monoisotopic (exact) mass is 831 g/mol. The molecule has 220 valence electrons. The van der Waals surface area contributed by atoms with Gasteiger partial charge in [0.15, 0.2) is 0 Å². The zero-order valence-electron chi connectivity index (χ0n) is 20.6. The predicted octanol–water partition coefficient (Wildman–Crippen LogP) is 6.20. The largest absolute Gasteiger partial charge is 3.00 e. The van der Waals surface area contributed by atoms with Crippen molar-refractivity contribution >= 4 is 102 Å². The van der Waals surface area contributed by atoms with E-state index in [2.05, 4.69) is 15.0 Å². The Kier molecular flexibility index (Phi) is 15.4. The van der Waals surface area contributed by atoms with Gasteiger partial charge < -0.3 is 26.3 Å². The second-order valence-corrected chi connectivity index (χ2v) is 10.1. The van der Waals surface area contributed by atoms with E-state index in [1.807, 2.05) is 0 Å². The molecule has 0 fully saturated rings. The van der Waals surface area contributed by atoms with Crippen molar-refractivity contribution in [1.82, 2.24) is 15.0 Å². The minimum absolute atomic E-state index is 0. The third-order valence-electron chi connectivity index (χ3n) is 5.25. The molecule has 6 rings (SSSR count). The number of halogens is 6. The molecule has 0 spiro atoms. The average Bonchev–Trinajstić information content (AvgIpc) is 2.94. The smallest absolute Gasteiger partial charge is 0.870 e. The number of hydrogen-bond donors (Lipinski definition) is 0. The van der Waals surface area contributed by atoms with Crippen molar-refractivity contribution in [1.29, 1.82) is 0 Å². The van der Waals surface area contributed by atoms with E-state index in [9.17, 15) is 15.3 Å². The van der Waals surface area contributed by atoms with E-state index in [0.29, 0.717) is 47.8 Å². The molecule has 3 aromatic carbocycles. The van der Waals surface area contributed by atoms with E-state index >= 15 is 0 Å². The SMILES string of the molecule is O.O.[O-]c1c(Cl)cc(Cl)c2cccnc12.[O-]c1c(Cl)cc(Cl)c2cccnc12.[O-]c1c(Cl)cc(Cl)c2cccnc12.[Tb+3]. The summed E-state index contributed by atoms with van der Waals surface area (Å²) in [5.41, 5.74) is 0.958. The first-order valence-corrected chi connectivity index (χ1v) is 13.1. The minimum Gasteiger partial charge on any atom is -0.870 e. The van der Waals surface area contributed by atoms with Gasteiger partial charge in [-0.3, -0.25) is 15.0 Å². The molecular weight excluding hydrogens is 818 g/mol. The van der Waals surface area contributed by atoms with Gasteiger partial charge in [-0.1, -0.05) is 86.9 Å². The fourth-order valence-corrected chi connectivity index (χ4v) is 4.99. The molecule has 0 saturated heterocycles. The summed E-state index contributed by atoms with van der Waals surface area (Å²) in [6.45, 7) is 0. The third kappa shape index (κ3) is 8.44. The van der Waals surface area contributed by atoms with Crippen LogP contribution in [0.1, 0.15) is 0 Å². The Morgan fingerprint density at radius 3 is 0.905 bits per heavy atom. The first-order valence-electron chi connectivity index (χ1n) is 10.8. The Morgan fingerprint density at radius 1 is 0.429 bits per heavy atom. The van der Waals surface area contributed by atoms with Crippen molar-refractivity contribution in [3.63, 3.8) is 0 Å². The normalized spacial score (nSPS) is 9.86. The van der Waals surface area contributed by atoms with Crippen molar-refractivity contribution < 1.29 is 64.9 Å². The number of rotatable bonds is 0. The second-order valence-electron chi connectivity index (χ2n) is 7.71. The number of pyridine rings is 3. The van der Waals surface area contributed by atoms with Crippen LogP contribution in [0.4, 0.5) is 0 Å². The first kappa shape index (κ1) is 38.3. The summed E-state index contributed by atoms with van der Waals surface area (Å²) < 4.78 is 0. The van der Waals surface area contributed by atoms with Gasteiger partial charge in [-0.2, -0.15) is 0 Å². The third-order valence-corrected chi connectivity index (χ3v) is 7.03. The number of fused-ring (bicyclic) bond motifs is 3. The standard InChI is InChI=1S/3C9H5Cl2NO.2H2O.Tb/c3*10-6-4-7(11)9(13)8-5(6)2-1-3-12-8;;;/h3*1-4,13H;2*1H2;/q;;;;;+3/p-3. The van der Waals surface area contributed by atoms with Gasteiger partial charge in [0.25, 0.3) is 0 Å². The Morgan fingerprint density at radius 2 is 0.667 bits per heavy atom. The molecule has 42 heavy (non-hydrogen) atoms. The summed E-state index contributed by atoms with van der Waals surface area (Å²) in [6, 6.07) is 14.7. The summed E-state index contributed by atoms with van der Waals surface area (Å²) in [4.78, 5) is 11.8. The van der Waals surface area contributed by atoms with Gasteiger partial charge in [0, 0.05) is 49.8 Å². The molecule has 0 aliphatic rings. The van der Waals surface area contributed by atoms with E-state index in [4.69, 9.17) is 69.6 Å². The molecule has 15 heteroatoms. The van der Waals surface area contributed by atoms with Gasteiger partial charge >= 0.3 is 38.6 Å². The van der Waals surface area contributed by atoms with Crippen LogP contribution in [0.15, 0.2) is 73.2 Å². The molecule has 0 unspecified atom stereocenters. The van der Waals surface area contributed by atoms with E-state index in [-0.39, 0.29) is 81.9 Å². The van der Waals surface area contributed by atoms with Crippen molar-refractivity contribution in [2.75, 3.05) is 0 Å². The molecule has 0 atom stereocenters. The molecule has 0 aliphatic carbocycles. The number of aromatic nitrogens is 3. The Balaban J connectivity index is 0.000000304. The van der Waals surface area contributed by atoms with Crippen molar-refractivity contribution in [2.45, 2.75) is 0 Å². The van der Waals surface area contributed by atoms with Crippen LogP contribution in [0.3, 0.4) is 0 Å². The van der Waals surface area contributed by atoms with Crippen LogP contribution in [-0.2, 0) is 0 Å². The van der Waals surface area contributed by atoms with Crippen molar-refractivity contribution in [2.24, 2.45) is 0 Å². The van der Waals surface area contributed by atoms with Gasteiger partial charge in [0.05, 0.1) is 31.6 Å². The number of hydrogen-bond acceptors (Lipinski definition) is 6. The quantitative estimate of drug-likeness (QED) is 0.177. The summed E-state index contributed by atoms with van der Waals surface area (Å²) in [5.74, 6) is -0.829. The second kappa shape index (κ2) is 16.9. The summed E-state index contributed by atoms with van der Waals surface area (Å²) >= 11 is 34.6. The molecular formula is C27H16Cl6N3O5Tb. The fourth-order valence-electron chi connectivity index (χ4n) is 3.44. The number of nitrogens with zero attached hydrogens (tertiary/aromatic N) is 3. The summed E-state index contributed by atoms with van der Waals surface area (Å²) in [7, 11) is 0. The van der Waals surface area contributed by atoms with Crippen LogP contribution in [0.5, 0.6) is 17.2 Å². The van der Waals surface area contributed by atoms with E-state index in [1.165, 1.54) is 36.8 Å². The zero-order valence-corrected chi connectivity index (χ0v) is 27.3. The van der Waals surface area contributed by atoms with Crippen molar-refractivity contribution in [3.05, 3.63) is 103 Å². The Bertz CT molecular complexity index is 1640. The van der Waals surface area contributed by atoms with Gasteiger partial charge in [-0.05, 0) is 54.6 Å². The molecule has 0 saturated carbocycles. The maximum atomic E-state index is 11.4. The average molecular weight is 834 g/mol. The van der Waals surface area contributed by atoms with E-state index < -0.39 is 0 Å². The van der Waals surface area contributed by atoms with Gasteiger partial charge in [0.2, 0.25) is 0 Å². The molecule has 4 N–H and O–H groups in total. The molecule has 3 heterocycles. The molecule has 0 bridgehead atoms. The Labute approximate surface area is 299 Å². The summed E-state index contributed by atoms with van der Waals surface area (Å²) in [5, 5.41) is 37.9. The van der Waals surface area contributed by atoms with Crippen LogP contribution in [0.25, 0.3) is 32.7 Å². The zero-order chi connectivity index (χ0) is 28.3. The molecule has 0 aliphatic heterocycles. The predicted molar refractivity (Wildman–Crippen MR) is 161 cm³/mol. The number of benzene rings is 3. The van der Waals surface area contributed by atoms with E-state index in [0.717, 1.165) is 0 Å². The maximum absolute atomic E-state index is 11.4. The molecule has 8 nitrogen and oxygen atoms in total. The van der Waals surface area contributed by atoms with Gasteiger partial charge in [-0.25, -0.2) is 0 Å². The van der Waals surface area contributed by atoms with Crippen molar-refractivity contribution in [3.8, 4) is 17.2 Å². The van der Waals surface area contributed by atoms with Gasteiger partial charge in [0.1, 0.15) is 0 Å². The fraction of sp³-hybridized carbons (Fsp3) is 0. The van der Waals surface area contributed by atoms with Crippen LogP contribution in [0, 0.1) is 38.6 Å². The topological polar surface area (TPSA) is 171 Å². The van der Waals surface area contributed by atoms with Crippen LogP contribution >= 0.6 is 69.6 Å². The molecule has 3 aromatic heterocycles. The minimum atomic E-state index is -0.276. The van der Waals surface area contributed by atoms with Gasteiger partial charge in [-0.15, -0.1) is 0 Å². The van der Waals surface area contributed by atoms with E-state index in [1.54, 1.807) is 36.4 Å². The van der Waals surface area contributed by atoms with Crippen LogP contribution < -0.4 is 15.3 Å². The Hall–Kier alpha value is -1.76. The molecule has 6 aromatic rings. The maximum Gasteiger partial charge on any atom is 3.00 e. The first-order chi connectivity index (χ1) is 18.6. The van der Waals surface area contributed by atoms with Crippen LogP contribution in [0.2, 0.25) is 30.1 Å². The van der Waals surface area contributed by atoms with Crippen LogP contribution in [-0.4, -0.2) is 25.9 Å².